The highest BCUT2D eigenvalue weighted by Gasteiger charge is 2.04. The van der Waals surface area contributed by atoms with Gasteiger partial charge in [0, 0.05) is 11.0 Å². The average molecular weight is 271 g/mol. The molecular weight excluding hydrogens is 260 g/mol. The lowest BCUT2D eigenvalue weighted by molar-refractivity contribution is 1.20. The quantitative estimate of drug-likeness (QED) is 0.898. The number of aromatic nitrogens is 1. The Hall–Kier alpha value is -0.610. The van der Waals surface area contributed by atoms with Gasteiger partial charge in [0.15, 0.2) is 5.13 Å². The molecule has 0 aliphatic heterocycles. The third-order valence-electron chi connectivity index (χ3n) is 2.00. The average Bonchev–Trinajstić information content (AvgIpc) is 2.48. The predicted molar refractivity (Wildman–Crippen MR) is 66.2 cm³/mol. The monoisotopic (exact) mass is 270 g/mol. The van der Waals surface area contributed by atoms with E-state index in [1.54, 1.807) is 11.3 Å². The van der Waals surface area contributed by atoms with Crippen molar-refractivity contribution in [3.8, 4) is 0 Å². The molecule has 0 radical (unpaired) electrons. The molecule has 0 aliphatic carbocycles. The minimum absolute atomic E-state index is 0.917. The topological polar surface area (TPSA) is 24.9 Å². The van der Waals surface area contributed by atoms with Crippen LogP contribution in [0.1, 0.15) is 12.5 Å². The van der Waals surface area contributed by atoms with E-state index in [0.29, 0.717) is 0 Å². The Morgan fingerprint density at radius 2 is 2.29 bits per heavy atom. The molecule has 0 fully saturated rings. The number of anilines is 1. The van der Waals surface area contributed by atoms with Gasteiger partial charge in [0.05, 0.1) is 10.2 Å². The Kier molecular flexibility index (Phi) is 2.74. The van der Waals surface area contributed by atoms with Gasteiger partial charge in [0.2, 0.25) is 0 Å². The van der Waals surface area contributed by atoms with Crippen LogP contribution < -0.4 is 5.32 Å². The highest BCUT2D eigenvalue weighted by molar-refractivity contribution is 9.10. The summed E-state index contributed by atoms with van der Waals surface area (Å²) in [4.78, 5) is 4.49. The van der Waals surface area contributed by atoms with E-state index in [1.807, 2.05) is 0 Å². The van der Waals surface area contributed by atoms with Crippen molar-refractivity contribution in [1.29, 1.82) is 0 Å². The minimum atomic E-state index is 0.917. The standard InChI is InChI=1S/C10H11BrN2S/c1-3-12-10-13-8-4-6(2)7(11)5-9(8)14-10/h4-5H,3H2,1-2H3,(H,12,13). The van der Waals surface area contributed by atoms with Gasteiger partial charge in [-0.2, -0.15) is 0 Å². The summed E-state index contributed by atoms with van der Waals surface area (Å²) in [5.41, 5.74) is 2.30. The van der Waals surface area contributed by atoms with Crippen LogP contribution >= 0.6 is 27.3 Å². The Morgan fingerprint density at radius 3 is 3.00 bits per heavy atom. The molecule has 2 aromatic rings. The SMILES string of the molecule is CCNc1nc2cc(C)c(Br)cc2s1. The molecule has 0 amide bonds. The third-order valence-corrected chi connectivity index (χ3v) is 3.83. The number of fused-ring (bicyclic) bond motifs is 1. The molecule has 4 heteroatoms. The molecule has 0 bridgehead atoms. The van der Waals surface area contributed by atoms with Gasteiger partial charge in [-0.15, -0.1) is 0 Å². The summed E-state index contributed by atoms with van der Waals surface area (Å²) < 4.78 is 2.37. The van der Waals surface area contributed by atoms with Gasteiger partial charge < -0.3 is 5.32 Å². The zero-order valence-corrected chi connectivity index (χ0v) is 10.5. The maximum absolute atomic E-state index is 4.49. The highest BCUT2D eigenvalue weighted by Crippen LogP contribution is 2.30. The van der Waals surface area contributed by atoms with Gasteiger partial charge >= 0.3 is 0 Å². The predicted octanol–water partition coefficient (Wildman–Crippen LogP) is 3.80. The van der Waals surface area contributed by atoms with Crippen LogP contribution in [0.3, 0.4) is 0 Å². The molecule has 1 N–H and O–H groups in total. The first-order valence-electron chi connectivity index (χ1n) is 4.51. The van der Waals surface area contributed by atoms with Gasteiger partial charge in [-0.1, -0.05) is 27.3 Å². The van der Waals surface area contributed by atoms with Gasteiger partial charge in [-0.05, 0) is 31.5 Å². The van der Waals surface area contributed by atoms with Crippen molar-refractivity contribution in [2.45, 2.75) is 13.8 Å². The van der Waals surface area contributed by atoms with E-state index in [4.69, 9.17) is 0 Å². The van der Waals surface area contributed by atoms with Crippen LogP contribution in [0.15, 0.2) is 16.6 Å². The van der Waals surface area contributed by atoms with Crippen LogP contribution in [0, 0.1) is 6.92 Å². The molecule has 0 unspecified atom stereocenters. The zero-order chi connectivity index (χ0) is 10.1. The maximum atomic E-state index is 4.49. The minimum Gasteiger partial charge on any atom is -0.362 e. The number of aryl methyl sites for hydroxylation is 1. The molecule has 2 nitrogen and oxygen atoms in total. The molecule has 0 spiro atoms. The molecule has 0 saturated carbocycles. The second-order valence-electron chi connectivity index (χ2n) is 3.12. The molecule has 2 rings (SSSR count). The van der Waals surface area contributed by atoms with Crippen molar-refractivity contribution in [3.63, 3.8) is 0 Å². The fraction of sp³-hybridized carbons (Fsp3) is 0.300. The largest absolute Gasteiger partial charge is 0.362 e. The lowest BCUT2D eigenvalue weighted by Gasteiger charge is -1.95. The van der Waals surface area contributed by atoms with Crippen molar-refractivity contribution in [2.75, 3.05) is 11.9 Å². The van der Waals surface area contributed by atoms with Crippen LogP contribution in [0.25, 0.3) is 10.2 Å². The normalized spacial score (nSPS) is 10.8. The summed E-state index contributed by atoms with van der Waals surface area (Å²) in [6, 6.07) is 4.24. The Labute approximate surface area is 95.5 Å². The van der Waals surface area contributed by atoms with Crippen LogP contribution in [-0.4, -0.2) is 11.5 Å². The van der Waals surface area contributed by atoms with Crippen molar-refractivity contribution >= 4 is 42.6 Å². The Morgan fingerprint density at radius 1 is 1.50 bits per heavy atom. The van der Waals surface area contributed by atoms with Crippen molar-refractivity contribution in [3.05, 3.63) is 22.2 Å². The number of hydrogen-bond donors (Lipinski definition) is 1. The molecule has 0 aliphatic rings. The first-order chi connectivity index (χ1) is 6.70. The number of hydrogen-bond acceptors (Lipinski definition) is 3. The highest BCUT2D eigenvalue weighted by atomic mass is 79.9. The van der Waals surface area contributed by atoms with Crippen molar-refractivity contribution in [1.82, 2.24) is 4.98 Å². The van der Waals surface area contributed by atoms with Crippen molar-refractivity contribution in [2.24, 2.45) is 0 Å². The number of nitrogens with zero attached hydrogens (tertiary/aromatic N) is 1. The number of nitrogens with one attached hydrogen (secondary N) is 1. The number of benzene rings is 1. The van der Waals surface area contributed by atoms with Gasteiger partial charge in [0.25, 0.3) is 0 Å². The van der Waals surface area contributed by atoms with Crippen LogP contribution in [0.4, 0.5) is 5.13 Å². The van der Waals surface area contributed by atoms with Gasteiger partial charge in [-0.25, -0.2) is 4.98 Å². The third kappa shape index (κ3) is 1.77. The molecule has 1 aromatic heterocycles. The molecule has 0 saturated heterocycles. The summed E-state index contributed by atoms with van der Waals surface area (Å²) in [5, 5.41) is 4.23. The maximum Gasteiger partial charge on any atom is 0.183 e. The lowest BCUT2D eigenvalue weighted by Crippen LogP contribution is -1.94. The molecule has 0 atom stereocenters. The van der Waals surface area contributed by atoms with Crippen LogP contribution in [-0.2, 0) is 0 Å². The van der Waals surface area contributed by atoms with Crippen LogP contribution in [0.5, 0.6) is 0 Å². The number of halogens is 1. The van der Waals surface area contributed by atoms with E-state index in [0.717, 1.165) is 21.7 Å². The van der Waals surface area contributed by atoms with E-state index in [-0.39, 0.29) is 0 Å². The Balaban J connectivity index is 2.54. The number of thiazole rings is 1. The summed E-state index contributed by atoms with van der Waals surface area (Å²) in [6.07, 6.45) is 0. The van der Waals surface area contributed by atoms with E-state index in [9.17, 15) is 0 Å². The van der Waals surface area contributed by atoms with E-state index >= 15 is 0 Å². The first kappa shape index (κ1) is 9.93. The van der Waals surface area contributed by atoms with Gasteiger partial charge in [0.1, 0.15) is 0 Å². The van der Waals surface area contributed by atoms with Gasteiger partial charge in [-0.3, -0.25) is 0 Å². The van der Waals surface area contributed by atoms with E-state index in [2.05, 4.69) is 52.2 Å². The zero-order valence-electron chi connectivity index (χ0n) is 8.10. The molecular formula is C10H11BrN2S. The van der Waals surface area contributed by atoms with Crippen molar-refractivity contribution < 1.29 is 0 Å². The van der Waals surface area contributed by atoms with E-state index < -0.39 is 0 Å². The fourth-order valence-electron chi connectivity index (χ4n) is 1.28. The molecule has 1 aromatic carbocycles. The molecule has 74 valence electrons. The molecule has 14 heavy (non-hydrogen) atoms. The second kappa shape index (κ2) is 3.87. The smallest absolute Gasteiger partial charge is 0.183 e. The van der Waals surface area contributed by atoms with Crippen LogP contribution in [0.2, 0.25) is 0 Å². The molecule has 1 heterocycles. The summed E-state index contributed by atoms with van der Waals surface area (Å²) in [5.74, 6) is 0. The fourth-order valence-corrected chi connectivity index (χ4v) is 2.73. The summed E-state index contributed by atoms with van der Waals surface area (Å²) >= 11 is 5.22. The van der Waals surface area contributed by atoms with E-state index in [1.165, 1.54) is 10.3 Å². The summed E-state index contributed by atoms with van der Waals surface area (Å²) in [6.45, 7) is 5.07. The second-order valence-corrected chi connectivity index (χ2v) is 5.00. The lowest BCUT2D eigenvalue weighted by atomic mass is 10.2. The summed E-state index contributed by atoms with van der Waals surface area (Å²) in [7, 11) is 0. The number of rotatable bonds is 2. The Bertz CT molecular complexity index is 425. The first-order valence-corrected chi connectivity index (χ1v) is 6.12.